The first-order valence-electron chi connectivity index (χ1n) is 7.36. The summed E-state index contributed by atoms with van der Waals surface area (Å²) >= 11 is 3.51. The molecular weight excluding hydrogens is 376 g/mol. The molecule has 0 aliphatic carbocycles. The zero-order chi connectivity index (χ0) is 16.1. The van der Waals surface area contributed by atoms with Gasteiger partial charge in [0.2, 0.25) is 5.91 Å². The van der Waals surface area contributed by atoms with Gasteiger partial charge in [0.25, 0.3) is 0 Å². The van der Waals surface area contributed by atoms with Crippen LogP contribution in [0, 0.1) is 5.92 Å². The molecule has 1 amide bonds. The zero-order valence-electron chi connectivity index (χ0n) is 13.2. The van der Waals surface area contributed by atoms with E-state index >= 15 is 0 Å². The first-order chi connectivity index (χ1) is 10.5. The molecule has 2 aromatic carbocycles. The van der Waals surface area contributed by atoms with Gasteiger partial charge in [-0.2, -0.15) is 0 Å². The normalized spacial score (nSPS) is 14.3. The molecule has 124 valence electrons. The summed E-state index contributed by atoms with van der Waals surface area (Å²) in [6.07, 6.45) is 0. The minimum absolute atomic E-state index is 0. The van der Waals surface area contributed by atoms with Crippen molar-refractivity contribution in [2.24, 2.45) is 11.7 Å². The van der Waals surface area contributed by atoms with Crippen molar-refractivity contribution in [1.29, 1.82) is 0 Å². The van der Waals surface area contributed by atoms with E-state index in [-0.39, 0.29) is 36.3 Å². The average Bonchev–Trinajstić information content (AvgIpc) is 2.54. The van der Waals surface area contributed by atoms with E-state index in [0.717, 1.165) is 15.6 Å². The van der Waals surface area contributed by atoms with Gasteiger partial charge in [-0.15, -0.1) is 12.4 Å². The van der Waals surface area contributed by atoms with Crippen LogP contribution in [-0.2, 0) is 4.79 Å². The number of carbonyl (C=O) groups is 1. The Balaban J connectivity index is 0.00000264. The lowest BCUT2D eigenvalue weighted by molar-refractivity contribution is -0.125. The summed E-state index contributed by atoms with van der Waals surface area (Å²) in [6.45, 7) is 3.83. The van der Waals surface area contributed by atoms with Crippen molar-refractivity contribution in [3.63, 3.8) is 0 Å². The van der Waals surface area contributed by atoms with Crippen molar-refractivity contribution in [3.05, 3.63) is 70.2 Å². The predicted octanol–water partition coefficient (Wildman–Crippen LogP) is 4.38. The van der Waals surface area contributed by atoms with Crippen LogP contribution in [-0.4, -0.2) is 5.91 Å². The van der Waals surface area contributed by atoms with Gasteiger partial charge in [-0.3, -0.25) is 4.79 Å². The number of rotatable bonds is 5. The van der Waals surface area contributed by atoms with E-state index in [1.807, 2.05) is 68.4 Å². The van der Waals surface area contributed by atoms with Crippen LogP contribution in [0.5, 0.6) is 0 Å². The lowest BCUT2D eigenvalue weighted by Crippen LogP contribution is -2.37. The number of nitrogens with one attached hydrogen (secondary N) is 1. The van der Waals surface area contributed by atoms with Crippen LogP contribution in [0.2, 0.25) is 0 Å². The van der Waals surface area contributed by atoms with E-state index in [0.29, 0.717) is 0 Å². The number of carbonyl (C=O) groups excluding carboxylic acids is 1. The van der Waals surface area contributed by atoms with Crippen molar-refractivity contribution < 1.29 is 4.79 Å². The summed E-state index contributed by atoms with van der Waals surface area (Å²) < 4.78 is 0.989. The molecule has 2 aromatic rings. The van der Waals surface area contributed by atoms with Gasteiger partial charge in [0.15, 0.2) is 0 Å². The summed E-state index contributed by atoms with van der Waals surface area (Å²) in [5.74, 6) is -0.341. The van der Waals surface area contributed by atoms with E-state index in [1.54, 1.807) is 0 Å². The summed E-state index contributed by atoms with van der Waals surface area (Å²) in [5, 5.41) is 3.04. The SMILES string of the molecule is CC(NC(=O)C(C)C(N)c1ccccc1)c1ccccc1Br.Cl. The second-order valence-corrected chi connectivity index (χ2v) is 6.33. The van der Waals surface area contributed by atoms with Crippen LogP contribution in [0.4, 0.5) is 0 Å². The summed E-state index contributed by atoms with van der Waals surface area (Å²) in [6, 6.07) is 17.2. The van der Waals surface area contributed by atoms with Gasteiger partial charge in [0.05, 0.1) is 12.0 Å². The maximum Gasteiger partial charge on any atom is 0.225 e. The smallest absolute Gasteiger partial charge is 0.225 e. The highest BCUT2D eigenvalue weighted by Crippen LogP contribution is 2.24. The Labute approximate surface area is 152 Å². The molecule has 0 aromatic heterocycles. The van der Waals surface area contributed by atoms with Crippen LogP contribution in [0.25, 0.3) is 0 Å². The van der Waals surface area contributed by atoms with Gasteiger partial charge in [-0.25, -0.2) is 0 Å². The van der Waals surface area contributed by atoms with E-state index in [1.165, 1.54) is 0 Å². The number of nitrogens with two attached hydrogens (primary N) is 1. The molecule has 0 bridgehead atoms. The van der Waals surface area contributed by atoms with Crippen molar-refractivity contribution in [3.8, 4) is 0 Å². The van der Waals surface area contributed by atoms with Gasteiger partial charge in [-0.05, 0) is 24.1 Å². The highest BCUT2D eigenvalue weighted by atomic mass is 79.9. The second kappa shape index (κ2) is 9.06. The second-order valence-electron chi connectivity index (χ2n) is 5.48. The van der Waals surface area contributed by atoms with Gasteiger partial charge in [0, 0.05) is 10.5 Å². The van der Waals surface area contributed by atoms with Crippen LogP contribution in [0.1, 0.15) is 37.1 Å². The third kappa shape index (κ3) is 5.06. The van der Waals surface area contributed by atoms with E-state index in [2.05, 4.69) is 21.2 Å². The molecule has 23 heavy (non-hydrogen) atoms. The molecule has 0 saturated carbocycles. The molecule has 2 rings (SSSR count). The molecule has 3 atom stereocenters. The van der Waals surface area contributed by atoms with Crippen molar-refractivity contribution in [1.82, 2.24) is 5.32 Å². The average molecular weight is 398 g/mol. The topological polar surface area (TPSA) is 55.1 Å². The molecule has 0 radical (unpaired) electrons. The van der Waals surface area contributed by atoms with E-state index in [4.69, 9.17) is 5.73 Å². The molecule has 0 aliphatic rings. The van der Waals surface area contributed by atoms with Crippen LogP contribution < -0.4 is 11.1 Å². The van der Waals surface area contributed by atoms with Gasteiger partial charge in [0.1, 0.15) is 0 Å². The van der Waals surface area contributed by atoms with E-state index < -0.39 is 0 Å². The third-order valence-electron chi connectivity index (χ3n) is 3.87. The Kier molecular flexibility index (Phi) is 7.76. The number of hydrogen-bond acceptors (Lipinski definition) is 2. The van der Waals surface area contributed by atoms with Gasteiger partial charge >= 0.3 is 0 Å². The monoisotopic (exact) mass is 396 g/mol. The Morgan fingerprint density at radius 3 is 2.22 bits per heavy atom. The highest BCUT2D eigenvalue weighted by Gasteiger charge is 2.23. The molecule has 0 saturated heterocycles. The largest absolute Gasteiger partial charge is 0.349 e. The summed E-state index contributed by atoms with van der Waals surface area (Å²) in [4.78, 5) is 12.4. The number of hydrogen-bond donors (Lipinski definition) is 2. The minimum Gasteiger partial charge on any atom is -0.349 e. The third-order valence-corrected chi connectivity index (χ3v) is 4.59. The van der Waals surface area contributed by atoms with Gasteiger partial charge < -0.3 is 11.1 Å². The van der Waals surface area contributed by atoms with Crippen molar-refractivity contribution in [2.45, 2.75) is 25.9 Å². The molecule has 0 spiro atoms. The summed E-state index contributed by atoms with van der Waals surface area (Å²) in [7, 11) is 0. The quantitative estimate of drug-likeness (QED) is 0.786. The Morgan fingerprint density at radius 2 is 1.61 bits per heavy atom. The molecule has 0 heterocycles. The van der Waals surface area contributed by atoms with E-state index in [9.17, 15) is 4.79 Å². The van der Waals surface area contributed by atoms with Gasteiger partial charge in [-0.1, -0.05) is 71.4 Å². The first-order valence-corrected chi connectivity index (χ1v) is 8.15. The Morgan fingerprint density at radius 1 is 1.04 bits per heavy atom. The molecule has 3 nitrogen and oxygen atoms in total. The standard InChI is InChI=1S/C18H21BrN2O.ClH/c1-12(17(20)14-8-4-3-5-9-14)18(22)21-13(2)15-10-6-7-11-16(15)19;/h3-13,17H,20H2,1-2H3,(H,21,22);1H. The van der Waals surface area contributed by atoms with Crippen molar-refractivity contribution >= 4 is 34.2 Å². The first kappa shape index (κ1) is 19.7. The predicted molar refractivity (Wildman–Crippen MR) is 100 cm³/mol. The number of halogens is 2. The lowest BCUT2D eigenvalue weighted by Gasteiger charge is -2.23. The maximum atomic E-state index is 12.4. The fourth-order valence-electron chi connectivity index (χ4n) is 2.38. The van der Waals surface area contributed by atoms with Crippen LogP contribution in [0.3, 0.4) is 0 Å². The molecular formula is C18H22BrClN2O. The zero-order valence-corrected chi connectivity index (χ0v) is 15.6. The Bertz CT molecular complexity index is 636. The molecule has 3 N–H and O–H groups in total. The highest BCUT2D eigenvalue weighted by molar-refractivity contribution is 9.10. The lowest BCUT2D eigenvalue weighted by atomic mass is 9.94. The molecule has 3 unspecified atom stereocenters. The number of benzene rings is 2. The molecule has 0 aliphatic heterocycles. The van der Waals surface area contributed by atoms with Crippen molar-refractivity contribution in [2.75, 3.05) is 0 Å². The van der Waals surface area contributed by atoms with Crippen LogP contribution >= 0.6 is 28.3 Å². The van der Waals surface area contributed by atoms with Crippen LogP contribution in [0.15, 0.2) is 59.1 Å². The fraction of sp³-hybridized carbons (Fsp3) is 0.278. The molecule has 0 fully saturated rings. The molecule has 5 heteroatoms. The maximum absolute atomic E-state index is 12.4. The minimum atomic E-state index is -0.312. The Hall–Kier alpha value is -1.36. The number of amides is 1. The fourth-order valence-corrected chi connectivity index (χ4v) is 3.00. The summed E-state index contributed by atoms with van der Waals surface area (Å²) in [5.41, 5.74) is 8.24.